The van der Waals surface area contributed by atoms with Crippen LogP contribution in [0.3, 0.4) is 0 Å². The predicted octanol–water partition coefficient (Wildman–Crippen LogP) is 1.72. The van der Waals surface area contributed by atoms with Gasteiger partial charge in [0.25, 0.3) is 0 Å². The standard InChI is InChI=1S/C12H22N4S/c1-3-4-11-12(17-16-15-11)8-13-9(2)7-14-10-5-6-10/h9-10,13-14H,3-8H2,1-2H3. The van der Waals surface area contributed by atoms with Gasteiger partial charge in [0.1, 0.15) is 0 Å². The van der Waals surface area contributed by atoms with Gasteiger partial charge < -0.3 is 10.6 Å². The van der Waals surface area contributed by atoms with Crippen LogP contribution in [0.15, 0.2) is 0 Å². The second-order valence-corrected chi connectivity index (χ2v) is 5.70. The number of hydrogen-bond acceptors (Lipinski definition) is 5. The van der Waals surface area contributed by atoms with E-state index in [0.29, 0.717) is 6.04 Å². The maximum Gasteiger partial charge on any atom is 0.0800 e. The normalized spacial score (nSPS) is 17.3. The van der Waals surface area contributed by atoms with Crippen molar-refractivity contribution in [2.45, 2.75) is 58.2 Å². The quantitative estimate of drug-likeness (QED) is 0.741. The fourth-order valence-electron chi connectivity index (χ4n) is 1.76. The summed E-state index contributed by atoms with van der Waals surface area (Å²) in [7, 11) is 0. The number of aromatic nitrogens is 2. The van der Waals surface area contributed by atoms with Crippen LogP contribution in [0.1, 0.15) is 43.7 Å². The Bertz CT molecular complexity index is 335. The van der Waals surface area contributed by atoms with Crippen molar-refractivity contribution in [2.75, 3.05) is 6.54 Å². The lowest BCUT2D eigenvalue weighted by molar-refractivity contribution is 0.500. The zero-order valence-electron chi connectivity index (χ0n) is 10.7. The summed E-state index contributed by atoms with van der Waals surface area (Å²) in [5.41, 5.74) is 1.17. The van der Waals surface area contributed by atoms with Gasteiger partial charge in [-0.25, -0.2) is 0 Å². The van der Waals surface area contributed by atoms with E-state index >= 15 is 0 Å². The summed E-state index contributed by atoms with van der Waals surface area (Å²) >= 11 is 1.52. The summed E-state index contributed by atoms with van der Waals surface area (Å²) < 4.78 is 4.04. The zero-order chi connectivity index (χ0) is 12.1. The maximum atomic E-state index is 4.18. The van der Waals surface area contributed by atoms with Gasteiger partial charge in [-0.15, -0.1) is 5.10 Å². The minimum atomic E-state index is 0.507. The topological polar surface area (TPSA) is 49.8 Å². The molecule has 1 aliphatic rings. The molecule has 96 valence electrons. The molecule has 0 spiro atoms. The summed E-state index contributed by atoms with van der Waals surface area (Å²) in [5.74, 6) is 0. The molecule has 0 amide bonds. The Morgan fingerprint density at radius 2 is 2.29 bits per heavy atom. The molecule has 0 radical (unpaired) electrons. The van der Waals surface area contributed by atoms with Gasteiger partial charge in [-0.1, -0.05) is 17.8 Å². The van der Waals surface area contributed by atoms with E-state index in [2.05, 4.69) is 34.1 Å². The average molecular weight is 254 g/mol. The highest BCUT2D eigenvalue weighted by atomic mass is 32.1. The Kier molecular flexibility index (Phi) is 4.88. The van der Waals surface area contributed by atoms with Gasteiger partial charge in [0.05, 0.1) is 10.6 Å². The lowest BCUT2D eigenvalue weighted by Crippen LogP contribution is -2.36. The van der Waals surface area contributed by atoms with Crippen LogP contribution >= 0.6 is 11.5 Å². The van der Waals surface area contributed by atoms with Crippen LogP contribution in [0.5, 0.6) is 0 Å². The Labute approximate surface area is 107 Å². The highest BCUT2D eigenvalue weighted by molar-refractivity contribution is 7.05. The Hall–Kier alpha value is -0.520. The summed E-state index contributed by atoms with van der Waals surface area (Å²) in [4.78, 5) is 1.30. The first-order valence-corrected chi connectivity index (χ1v) is 7.33. The van der Waals surface area contributed by atoms with Gasteiger partial charge >= 0.3 is 0 Å². The molecule has 1 saturated carbocycles. The van der Waals surface area contributed by atoms with Crippen molar-refractivity contribution >= 4 is 11.5 Å². The van der Waals surface area contributed by atoms with Crippen LogP contribution in [0, 0.1) is 0 Å². The van der Waals surface area contributed by atoms with Crippen molar-refractivity contribution in [3.63, 3.8) is 0 Å². The molecule has 1 atom stereocenters. The molecule has 2 N–H and O–H groups in total. The molecule has 1 unspecified atom stereocenters. The first-order valence-electron chi connectivity index (χ1n) is 6.56. The second kappa shape index (κ2) is 6.42. The summed E-state index contributed by atoms with van der Waals surface area (Å²) in [6.45, 7) is 6.36. The van der Waals surface area contributed by atoms with Crippen LogP contribution in [0.4, 0.5) is 0 Å². The lowest BCUT2D eigenvalue weighted by Gasteiger charge is -2.13. The third-order valence-electron chi connectivity index (χ3n) is 3.02. The van der Waals surface area contributed by atoms with Crippen molar-refractivity contribution in [2.24, 2.45) is 0 Å². The van der Waals surface area contributed by atoms with E-state index in [4.69, 9.17) is 0 Å². The number of aryl methyl sites for hydroxylation is 1. The summed E-state index contributed by atoms with van der Waals surface area (Å²) in [6, 6.07) is 1.30. The highest BCUT2D eigenvalue weighted by Crippen LogP contribution is 2.18. The Morgan fingerprint density at radius 1 is 1.47 bits per heavy atom. The lowest BCUT2D eigenvalue weighted by atomic mass is 10.2. The van der Waals surface area contributed by atoms with Crippen molar-refractivity contribution in [3.8, 4) is 0 Å². The Balaban J connectivity index is 1.69. The molecule has 1 aliphatic carbocycles. The number of nitrogens with zero attached hydrogens (tertiary/aromatic N) is 2. The maximum absolute atomic E-state index is 4.18. The van der Waals surface area contributed by atoms with E-state index in [1.165, 1.54) is 34.9 Å². The number of hydrogen-bond donors (Lipinski definition) is 2. The number of rotatable bonds is 8. The molecule has 5 heteroatoms. The molecular formula is C12H22N4S. The first-order chi connectivity index (χ1) is 8.29. The van der Waals surface area contributed by atoms with Gasteiger partial charge in [0.15, 0.2) is 0 Å². The van der Waals surface area contributed by atoms with Gasteiger partial charge in [-0.2, -0.15) is 0 Å². The minimum absolute atomic E-state index is 0.507. The Morgan fingerprint density at radius 3 is 3.00 bits per heavy atom. The molecule has 0 bridgehead atoms. The molecule has 1 heterocycles. The van der Waals surface area contributed by atoms with Gasteiger partial charge in [-0.05, 0) is 37.7 Å². The highest BCUT2D eigenvalue weighted by Gasteiger charge is 2.20. The number of nitrogens with one attached hydrogen (secondary N) is 2. The fourth-order valence-corrected chi connectivity index (χ4v) is 2.39. The van der Waals surface area contributed by atoms with E-state index in [1.54, 1.807) is 0 Å². The smallest absolute Gasteiger partial charge is 0.0800 e. The largest absolute Gasteiger partial charge is 0.312 e. The molecule has 1 fully saturated rings. The van der Waals surface area contributed by atoms with Crippen molar-refractivity contribution in [1.29, 1.82) is 0 Å². The molecule has 1 aromatic rings. The van der Waals surface area contributed by atoms with Crippen LogP contribution in [-0.2, 0) is 13.0 Å². The van der Waals surface area contributed by atoms with Gasteiger partial charge in [0, 0.05) is 25.2 Å². The van der Waals surface area contributed by atoms with Crippen LogP contribution in [0.2, 0.25) is 0 Å². The van der Waals surface area contributed by atoms with Crippen molar-refractivity contribution < 1.29 is 0 Å². The van der Waals surface area contributed by atoms with E-state index < -0.39 is 0 Å². The predicted molar refractivity (Wildman–Crippen MR) is 71.2 cm³/mol. The molecular weight excluding hydrogens is 232 g/mol. The molecule has 0 aliphatic heterocycles. The molecule has 4 nitrogen and oxygen atoms in total. The summed E-state index contributed by atoms with van der Waals surface area (Å²) in [5, 5.41) is 11.3. The monoisotopic (exact) mass is 254 g/mol. The van der Waals surface area contributed by atoms with Gasteiger partial charge in [-0.3, -0.25) is 0 Å². The average Bonchev–Trinajstić information content (AvgIpc) is 3.05. The molecule has 2 rings (SSSR count). The minimum Gasteiger partial charge on any atom is -0.312 e. The molecule has 0 aromatic carbocycles. The molecule has 0 saturated heterocycles. The van der Waals surface area contributed by atoms with Crippen molar-refractivity contribution in [1.82, 2.24) is 20.2 Å². The van der Waals surface area contributed by atoms with Crippen LogP contribution in [-0.4, -0.2) is 28.2 Å². The van der Waals surface area contributed by atoms with Gasteiger partial charge in [0.2, 0.25) is 0 Å². The second-order valence-electron chi connectivity index (χ2n) is 4.86. The SMILES string of the molecule is CCCc1nnsc1CNC(C)CNC1CC1. The summed E-state index contributed by atoms with van der Waals surface area (Å²) in [6.07, 6.45) is 4.89. The van der Waals surface area contributed by atoms with Crippen LogP contribution < -0.4 is 10.6 Å². The van der Waals surface area contributed by atoms with E-state index in [1.807, 2.05) is 0 Å². The van der Waals surface area contributed by atoms with E-state index in [-0.39, 0.29) is 0 Å². The molecule has 1 aromatic heterocycles. The van der Waals surface area contributed by atoms with Crippen LogP contribution in [0.25, 0.3) is 0 Å². The third-order valence-corrected chi connectivity index (χ3v) is 3.79. The zero-order valence-corrected chi connectivity index (χ0v) is 11.5. The fraction of sp³-hybridized carbons (Fsp3) is 0.833. The first kappa shape index (κ1) is 12.9. The van der Waals surface area contributed by atoms with E-state index in [0.717, 1.165) is 32.0 Å². The third kappa shape index (κ3) is 4.33. The van der Waals surface area contributed by atoms with E-state index in [9.17, 15) is 0 Å². The van der Waals surface area contributed by atoms with Crippen molar-refractivity contribution in [3.05, 3.63) is 10.6 Å². The molecule has 17 heavy (non-hydrogen) atoms.